The summed E-state index contributed by atoms with van der Waals surface area (Å²) in [4.78, 5) is 12.5. The number of hydrogen-bond donors (Lipinski definition) is 17. The van der Waals surface area contributed by atoms with Crippen molar-refractivity contribution in [2.75, 3.05) is 13.2 Å². The highest BCUT2D eigenvalue weighted by molar-refractivity contribution is 5.73. The van der Waals surface area contributed by atoms with E-state index in [1.54, 1.807) is 0 Å². The molecule has 30 atom stereocenters. The molecule has 0 amide bonds. The molecular weight excluding hydrogens is 896 g/mol. The molecule has 0 aromatic rings. The molecule has 6 saturated heterocycles. The highest BCUT2D eigenvalue weighted by atomic mass is 16.8. The van der Waals surface area contributed by atoms with E-state index >= 15 is 0 Å². The molecule has 6 rings (SSSR count). The molecule has 29 heteroatoms. The van der Waals surface area contributed by atoms with E-state index in [1.807, 2.05) is 0 Å². The van der Waals surface area contributed by atoms with Crippen molar-refractivity contribution in [3.8, 4) is 0 Å². The fourth-order valence-corrected chi connectivity index (χ4v) is 8.37. The van der Waals surface area contributed by atoms with Crippen LogP contribution in [0.5, 0.6) is 0 Å². The maximum atomic E-state index is 12.5. The van der Waals surface area contributed by atoms with Crippen molar-refractivity contribution in [1.29, 1.82) is 0 Å². The summed E-state index contributed by atoms with van der Waals surface area (Å²) >= 11 is 0. The number of hydrogen-bond acceptors (Lipinski definition) is 28. The van der Waals surface area contributed by atoms with Gasteiger partial charge in [0.15, 0.2) is 43.8 Å². The van der Waals surface area contributed by atoms with E-state index < -0.39 is 203 Å². The van der Waals surface area contributed by atoms with Crippen LogP contribution < -0.4 is 0 Å². The summed E-state index contributed by atoms with van der Waals surface area (Å²) in [6.07, 6.45) is -56.1. The lowest BCUT2D eigenvalue weighted by atomic mass is 9.95. The van der Waals surface area contributed by atoms with Gasteiger partial charge in [-0.25, -0.2) is 4.79 Å². The van der Waals surface area contributed by atoms with Crippen LogP contribution in [0.2, 0.25) is 0 Å². The predicted molar refractivity (Wildman–Crippen MR) is 195 cm³/mol. The van der Waals surface area contributed by atoms with Gasteiger partial charge < -0.3 is 139 Å². The molecule has 0 aromatic carbocycles. The first-order valence-corrected chi connectivity index (χ1v) is 20.7. The predicted octanol–water partition coefficient (Wildman–Crippen LogP) is -10.9. The standard InChI is InChI=1S/C36H60O29/c1-6-11(39)13(41)19(47)32(56-6)60-25-8(3)57-33(21(49)16(25)44)64-28-23(51)36(61-24-7(2)55-31(54)18(46)15(24)43)59-10(5-38)26(28)62-35-22(50)17(45)27(29(65-35)30(52)53)63-34-20(48)14(42)12(40)9(4-37)58-34/h6-29,31-51,54H,4-5H2,1-3H3,(H,52,53)/t6-,7-,8-,9+,10+,11-,12+,13+,14-,15-,16-,17+,18+,19+,20+,21-,22+,23+,24-,25-,26+,27-,28+,29-,31?,32-,33-,34-,35+,36-/m0/s1. The van der Waals surface area contributed by atoms with Crippen molar-refractivity contribution in [1.82, 2.24) is 0 Å². The molecule has 0 radical (unpaired) electrons. The van der Waals surface area contributed by atoms with E-state index in [-0.39, 0.29) is 0 Å². The summed E-state index contributed by atoms with van der Waals surface area (Å²) in [5, 5.41) is 180. The Morgan fingerprint density at radius 3 is 1.31 bits per heavy atom. The van der Waals surface area contributed by atoms with Crippen molar-refractivity contribution >= 4 is 5.97 Å². The van der Waals surface area contributed by atoms with Crippen LogP contribution >= 0.6 is 0 Å². The molecule has 0 bridgehead atoms. The number of aliphatic hydroxyl groups excluding tert-OH is 16. The normalized spacial score (nSPS) is 54.6. The van der Waals surface area contributed by atoms with Crippen LogP contribution in [-0.4, -0.2) is 290 Å². The number of rotatable bonds is 13. The van der Waals surface area contributed by atoms with Gasteiger partial charge in [0.25, 0.3) is 0 Å². The van der Waals surface area contributed by atoms with E-state index in [0.717, 1.165) is 0 Å². The topological polar surface area (TPSA) is 463 Å². The Bertz CT molecular complexity index is 1530. The summed E-state index contributed by atoms with van der Waals surface area (Å²) in [7, 11) is 0. The Hall–Kier alpha value is -1.61. The summed E-state index contributed by atoms with van der Waals surface area (Å²) < 4.78 is 61.7. The molecule has 6 aliphatic rings. The number of carbonyl (C=O) groups is 1. The zero-order valence-electron chi connectivity index (χ0n) is 34.7. The molecule has 1 unspecified atom stereocenters. The Kier molecular flexibility index (Phi) is 17.5. The van der Waals surface area contributed by atoms with Gasteiger partial charge in [-0.2, -0.15) is 0 Å². The average molecular weight is 957 g/mol. The van der Waals surface area contributed by atoms with Gasteiger partial charge in [0, 0.05) is 0 Å². The number of aliphatic hydroxyl groups is 16. The number of carboxylic acids is 1. The fourth-order valence-electron chi connectivity index (χ4n) is 8.37. The second kappa shape index (κ2) is 21.6. The summed E-state index contributed by atoms with van der Waals surface area (Å²) in [5.74, 6) is -1.88. The Morgan fingerprint density at radius 2 is 0.754 bits per heavy atom. The second-order valence-electron chi connectivity index (χ2n) is 16.7. The van der Waals surface area contributed by atoms with Crippen LogP contribution in [0.25, 0.3) is 0 Å². The van der Waals surface area contributed by atoms with E-state index in [9.17, 15) is 91.6 Å². The number of aliphatic carboxylic acids is 1. The zero-order chi connectivity index (χ0) is 48.1. The monoisotopic (exact) mass is 956 g/mol. The van der Waals surface area contributed by atoms with Gasteiger partial charge in [0.2, 0.25) is 0 Å². The fraction of sp³-hybridized carbons (Fsp3) is 0.972. The lowest BCUT2D eigenvalue weighted by Gasteiger charge is -2.50. The van der Waals surface area contributed by atoms with Gasteiger partial charge in [0.05, 0.1) is 31.5 Å². The molecule has 0 saturated carbocycles. The van der Waals surface area contributed by atoms with E-state index in [1.165, 1.54) is 20.8 Å². The van der Waals surface area contributed by atoms with Gasteiger partial charge in [-0.15, -0.1) is 0 Å². The van der Waals surface area contributed by atoms with Gasteiger partial charge >= 0.3 is 5.97 Å². The maximum Gasteiger partial charge on any atom is 0.335 e. The molecular formula is C36H60O29. The largest absolute Gasteiger partial charge is 0.479 e. The first-order valence-electron chi connectivity index (χ1n) is 20.7. The Balaban J connectivity index is 1.25. The summed E-state index contributed by atoms with van der Waals surface area (Å²) in [6.45, 7) is 2.00. The van der Waals surface area contributed by atoms with Crippen molar-refractivity contribution in [3.63, 3.8) is 0 Å². The van der Waals surface area contributed by atoms with E-state index in [0.29, 0.717) is 0 Å². The molecule has 65 heavy (non-hydrogen) atoms. The van der Waals surface area contributed by atoms with E-state index in [2.05, 4.69) is 0 Å². The molecule has 378 valence electrons. The third-order valence-corrected chi connectivity index (χ3v) is 12.3. The Morgan fingerprint density at radius 1 is 0.369 bits per heavy atom. The minimum absolute atomic E-state index is 0.907. The minimum atomic E-state index is -2.33. The molecule has 6 heterocycles. The van der Waals surface area contributed by atoms with Crippen molar-refractivity contribution in [3.05, 3.63) is 0 Å². The first-order chi connectivity index (χ1) is 30.5. The van der Waals surface area contributed by atoms with Gasteiger partial charge in [-0.1, -0.05) is 0 Å². The lowest BCUT2D eigenvalue weighted by Crippen LogP contribution is -2.69. The average Bonchev–Trinajstić information content (AvgIpc) is 3.26. The van der Waals surface area contributed by atoms with E-state index in [4.69, 9.17) is 52.1 Å². The van der Waals surface area contributed by atoms with Crippen LogP contribution in [0.3, 0.4) is 0 Å². The molecule has 0 aliphatic carbocycles. The second-order valence-corrected chi connectivity index (χ2v) is 16.7. The molecule has 6 aliphatic heterocycles. The van der Waals surface area contributed by atoms with Crippen LogP contribution in [0.15, 0.2) is 0 Å². The first kappa shape index (κ1) is 52.8. The maximum absolute atomic E-state index is 12.5. The minimum Gasteiger partial charge on any atom is -0.479 e. The molecule has 6 fully saturated rings. The van der Waals surface area contributed by atoms with Crippen molar-refractivity contribution < 1.29 is 144 Å². The number of carboxylic acid groups (broad SMARTS) is 1. The zero-order valence-corrected chi connectivity index (χ0v) is 34.7. The number of ether oxygens (including phenoxy) is 11. The van der Waals surface area contributed by atoms with Crippen LogP contribution in [-0.2, 0) is 56.9 Å². The molecule has 0 spiro atoms. The van der Waals surface area contributed by atoms with Crippen LogP contribution in [0, 0.1) is 0 Å². The smallest absolute Gasteiger partial charge is 0.335 e. The molecule has 0 aromatic heterocycles. The summed E-state index contributed by atoms with van der Waals surface area (Å²) in [5.41, 5.74) is 0. The highest BCUT2D eigenvalue weighted by Crippen LogP contribution is 2.37. The molecule has 29 nitrogen and oxygen atoms in total. The molecule has 17 N–H and O–H groups in total. The Labute approximate surface area is 367 Å². The van der Waals surface area contributed by atoms with Gasteiger partial charge in [-0.3, -0.25) is 0 Å². The third kappa shape index (κ3) is 10.6. The van der Waals surface area contributed by atoms with Gasteiger partial charge in [-0.05, 0) is 20.8 Å². The summed E-state index contributed by atoms with van der Waals surface area (Å²) in [6, 6.07) is 0. The SMILES string of the molecule is C[C@@H]1O[C@@H](O[C@@H]2[C@@H](O)[C@H](O)[C@H](O[C@@H]3[C@@H](O)[C@H](O[C@@H]4[C@@H](O)[C@@H](O)C(O)O[C@H]4C)O[C@H](CO)[C@H]3O[C@@H]3O[C@H](C(=O)O)[C@@H](O[C@@H]4O[C@H](CO)[C@@H](O)[C@H](O)[C@H]4O)[C@H](O)[C@H]3O)O[C@H]2C)[C@H](O)[C@H](O)[C@H]1O. The third-order valence-electron chi connectivity index (χ3n) is 12.3. The van der Waals surface area contributed by atoms with Crippen LogP contribution in [0.1, 0.15) is 20.8 Å². The van der Waals surface area contributed by atoms with Crippen molar-refractivity contribution in [2.24, 2.45) is 0 Å². The lowest BCUT2D eigenvalue weighted by molar-refractivity contribution is -0.403. The highest BCUT2D eigenvalue weighted by Gasteiger charge is 2.58. The van der Waals surface area contributed by atoms with Crippen molar-refractivity contribution in [2.45, 2.75) is 205 Å². The van der Waals surface area contributed by atoms with Gasteiger partial charge in [0.1, 0.15) is 122 Å². The quantitative estimate of drug-likeness (QED) is 0.0815. The van der Waals surface area contributed by atoms with Crippen LogP contribution in [0.4, 0.5) is 0 Å².